The zero-order valence-electron chi connectivity index (χ0n) is 10.3. The number of hydrogen-bond acceptors (Lipinski definition) is 3. The summed E-state index contributed by atoms with van der Waals surface area (Å²) in [5.41, 5.74) is -0.566. The third-order valence-corrected chi connectivity index (χ3v) is 4.55. The molecule has 0 aromatic heterocycles. The van der Waals surface area contributed by atoms with Crippen LogP contribution in [0.2, 0.25) is 0 Å². The molecule has 1 fully saturated rings. The quantitative estimate of drug-likeness (QED) is 0.760. The van der Waals surface area contributed by atoms with Crippen molar-refractivity contribution < 1.29 is 5.11 Å². The normalized spacial score (nSPS) is 23.0. The second kappa shape index (κ2) is 6.12. The molecule has 1 heterocycles. The molecule has 1 aliphatic heterocycles. The monoisotopic (exact) mass is 231 g/mol. The van der Waals surface area contributed by atoms with Crippen LogP contribution in [0.25, 0.3) is 0 Å². The van der Waals surface area contributed by atoms with Crippen LogP contribution < -0.4 is 5.32 Å². The average Bonchev–Trinajstić information content (AvgIpc) is 2.19. The first-order chi connectivity index (χ1) is 7.02. The molecular weight excluding hydrogens is 206 g/mol. The Hall–Kier alpha value is 0.270. The van der Waals surface area contributed by atoms with Gasteiger partial charge in [0, 0.05) is 6.54 Å². The maximum absolute atomic E-state index is 10.1. The summed E-state index contributed by atoms with van der Waals surface area (Å²) in [6.45, 7) is 7.84. The third kappa shape index (κ3) is 4.75. The fourth-order valence-corrected chi connectivity index (χ4v) is 2.89. The second-order valence-corrected chi connectivity index (χ2v) is 6.42. The zero-order chi connectivity index (χ0) is 11.3. The number of aliphatic hydroxyl groups is 1. The van der Waals surface area contributed by atoms with E-state index in [1.54, 1.807) is 0 Å². The number of nitrogens with one attached hydrogen (secondary N) is 1. The first kappa shape index (κ1) is 13.3. The van der Waals surface area contributed by atoms with Gasteiger partial charge in [0.25, 0.3) is 0 Å². The highest BCUT2D eigenvalue weighted by Gasteiger charge is 2.24. The van der Waals surface area contributed by atoms with Gasteiger partial charge in [0.2, 0.25) is 0 Å². The Morgan fingerprint density at radius 1 is 1.40 bits per heavy atom. The van der Waals surface area contributed by atoms with E-state index in [0.29, 0.717) is 12.5 Å². The van der Waals surface area contributed by atoms with Crippen molar-refractivity contribution >= 4 is 11.8 Å². The smallest absolute Gasteiger partial charge is 0.0766 e. The van der Waals surface area contributed by atoms with Crippen LogP contribution in [0.5, 0.6) is 0 Å². The van der Waals surface area contributed by atoms with Crippen LogP contribution in [0, 0.1) is 11.8 Å². The fourth-order valence-electron chi connectivity index (χ4n) is 1.68. The molecule has 1 aliphatic rings. The Morgan fingerprint density at radius 2 is 2.00 bits per heavy atom. The van der Waals surface area contributed by atoms with E-state index in [-0.39, 0.29) is 0 Å². The molecule has 0 aromatic rings. The summed E-state index contributed by atoms with van der Waals surface area (Å²) in [5, 5.41) is 13.5. The predicted molar refractivity (Wildman–Crippen MR) is 68.4 cm³/mol. The molecule has 1 atom stereocenters. The van der Waals surface area contributed by atoms with Crippen molar-refractivity contribution in [3.63, 3.8) is 0 Å². The maximum Gasteiger partial charge on any atom is 0.0766 e. The summed E-state index contributed by atoms with van der Waals surface area (Å²) < 4.78 is 0. The van der Waals surface area contributed by atoms with Gasteiger partial charge in [-0.1, -0.05) is 13.8 Å². The number of thioether (sulfide) groups is 1. The van der Waals surface area contributed by atoms with Crippen molar-refractivity contribution in [1.82, 2.24) is 5.32 Å². The molecule has 0 amide bonds. The van der Waals surface area contributed by atoms with Crippen molar-refractivity contribution in [2.75, 3.05) is 24.6 Å². The van der Waals surface area contributed by atoms with E-state index in [9.17, 15) is 5.11 Å². The van der Waals surface area contributed by atoms with Crippen LogP contribution in [0.3, 0.4) is 0 Å². The minimum absolute atomic E-state index is 0.312. The lowest BCUT2D eigenvalue weighted by atomic mass is 9.92. The molecule has 1 saturated heterocycles. The molecule has 1 unspecified atom stereocenters. The topological polar surface area (TPSA) is 32.3 Å². The van der Waals surface area contributed by atoms with E-state index in [0.717, 1.165) is 12.5 Å². The molecule has 0 spiro atoms. The van der Waals surface area contributed by atoms with E-state index < -0.39 is 5.60 Å². The third-order valence-electron chi connectivity index (χ3n) is 3.50. The average molecular weight is 231 g/mol. The van der Waals surface area contributed by atoms with Gasteiger partial charge in [-0.05, 0) is 49.7 Å². The van der Waals surface area contributed by atoms with E-state index in [2.05, 4.69) is 30.9 Å². The highest BCUT2D eigenvalue weighted by atomic mass is 32.2. The molecule has 1 rings (SSSR count). The van der Waals surface area contributed by atoms with Crippen LogP contribution in [0.4, 0.5) is 0 Å². The standard InChI is InChI=1S/C12H25NOS/c1-10(2)12(3,14)9-13-8-11-4-6-15-7-5-11/h10-11,13-14H,4-9H2,1-3H3. The van der Waals surface area contributed by atoms with Crippen LogP contribution in [0.15, 0.2) is 0 Å². The summed E-state index contributed by atoms with van der Waals surface area (Å²) in [5.74, 6) is 3.76. The molecule has 90 valence electrons. The zero-order valence-corrected chi connectivity index (χ0v) is 11.1. The lowest BCUT2D eigenvalue weighted by Gasteiger charge is -2.29. The molecular formula is C12H25NOS. The molecule has 2 nitrogen and oxygen atoms in total. The van der Waals surface area contributed by atoms with Crippen LogP contribution in [-0.4, -0.2) is 35.3 Å². The number of hydrogen-bond donors (Lipinski definition) is 2. The van der Waals surface area contributed by atoms with Crippen molar-refractivity contribution in [3.8, 4) is 0 Å². The minimum atomic E-state index is -0.566. The molecule has 0 saturated carbocycles. The second-order valence-electron chi connectivity index (χ2n) is 5.20. The van der Waals surface area contributed by atoms with Gasteiger partial charge in [-0.25, -0.2) is 0 Å². The number of rotatable bonds is 5. The fraction of sp³-hybridized carbons (Fsp3) is 1.00. The Labute approximate surface area is 98.2 Å². The summed E-state index contributed by atoms with van der Waals surface area (Å²) in [6, 6.07) is 0. The van der Waals surface area contributed by atoms with Crippen LogP contribution in [0.1, 0.15) is 33.6 Å². The molecule has 2 N–H and O–H groups in total. The maximum atomic E-state index is 10.1. The van der Waals surface area contributed by atoms with Gasteiger partial charge >= 0.3 is 0 Å². The molecule has 0 aromatic carbocycles. The molecule has 0 aliphatic carbocycles. The molecule has 0 radical (unpaired) electrons. The highest BCUT2D eigenvalue weighted by molar-refractivity contribution is 7.99. The summed E-state index contributed by atoms with van der Waals surface area (Å²) in [6.07, 6.45) is 2.67. The van der Waals surface area contributed by atoms with Gasteiger partial charge in [0.1, 0.15) is 0 Å². The highest BCUT2D eigenvalue weighted by Crippen LogP contribution is 2.22. The lowest BCUT2D eigenvalue weighted by molar-refractivity contribution is 0.0135. The van der Waals surface area contributed by atoms with Crippen molar-refractivity contribution in [2.45, 2.75) is 39.2 Å². The van der Waals surface area contributed by atoms with Gasteiger partial charge in [0.05, 0.1) is 5.60 Å². The molecule has 3 heteroatoms. The molecule has 0 bridgehead atoms. The Bertz CT molecular complexity index is 176. The van der Waals surface area contributed by atoms with E-state index >= 15 is 0 Å². The van der Waals surface area contributed by atoms with E-state index in [1.165, 1.54) is 24.3 Å². The first-order valence-electron chi connectivity index (χ1n) is 6.03. The minimum Gasteiger partial charge on any atom is -0.389 e. The van der Waals surface area contributed by atoms with Crippen LogP contribution in [-0.2, 0) is 0 Å². The van der Waals surface area contributed by atoms with Gasteiger partial charge in [-0.3, -0.25) is 0 Å². The summed E-state index contributed by atoms with van der Waals surface area (Å²) in [7, 11) is 0. The van der Waals surface area contributed by atoms with Crippen molar-refractivity contribution in [3.05, 3.63) is 0 Å². The summed E-state index contributed by atoms with van der Waals surface area (Å²) in [4.78, 5) is 0. The largest absolute Gasteiger partial charge is 0.389 e. The Kier molecular flexibility index (Phi) is 5.44. The SMILES string of the molecule is CC(C)C(C)(O)CNCC1CCSCC1. The lowest BCUT2D eigenvalue weighted by Crippen LogP contribution is -2.43. The van der Waals surface area contributed by atoms with E-state index in [1.807, 2.05) is 6.92 Å². The molecule has 15 heavy (non-hydrogen) atoms. The Balaban J connectivity index is 2.14. The first-order valence-corrected chi connectivity index (χ1v) is 7.18. The van der Waals surface area contributed by atoms with Gasteiger partial charge in [-0.15, -0.1) is 0 Å². The van der Waals surface area contributed by atoms with Crippen molar-refractivity contribution in [1.29, 1.82) is 0 Å². The van der Waals surface area contributed by atoms with Crippen LogP contribution >= 0.6 is 11.8 Å². The van der Waals surface area contributed by atoms with Gasteiger partial charge < -0.3 is 10.4 Å². The summed E-state index contributed by atoms with van der Waals surface area (Å²) >= 11 is 2.07. The Morgan fingerprint density at radius 3 is 2.53 bits per heavy atom. The van der Waals surface area contributed by atoms with Gasteiger partial charge in [0.15, 0.2) is 0 Å². The predicted octanol–water partition coefficient (Wildman–Crippen LogP) is 2.13. The van der Waals surface area contributed by atoms with Gasteiger partial charge in [-0.2, -0.15) is 11.8 Å². The van der Waals surface area contributed by atoms with E-state index in [4.69, 9.17) is 0 Å². The van der Waals surface area contributed by atoms with Crippen molar-refractivity contribution in [2.24, 2.45) is 11.8 Å².